The lowest BCUT2D eigenvalue weighted by atomic mass is 10.2. The van der Waals surface area contributed by atoms with E-state index in [0.29, 0.717) is 15.7 Å². The van der Waals surface area contributed by atoms with Crippen LogP contribution in [0.1, 0.15) is 5.56 Å². The van der Waals surface area contributed by atoms with Gasteiger partial charge in [0.25, 0.3) is 15.9 Å². The van der Waals surface area contributed by atoms with E-state index in [4.69, 9.17) is 0 Å². The number of para-hydroxylation sites is 1. The molecular formula is C21H18BrN3O4S. The minimum atomic E-state index is -3.99. The first-order valence-electron chi connectivity index (χ1n) is 8.81. The average Bonchev–Trinajstić information content (AvgIpc) is 2.74. The summed E-state index contributed by atoms with van der Waals surface area (Å²) < 4.78 is 28.0. The van der Waals surface area contributed by atoms with Crippen LogP contribution in [0.25, 0.3) is 0 Å². The van der Waals surface area contributed by atoms with E-state index >= 15 is 0 Å². The number of hydrazone groups is 1. The second-order valence-electron chi connectivity index (χ2n) is 6.16. The fourth-order valence-corrected chi connectivity index (χ4v) is 4.42. The normalized spacial score (nSPS) is 11.4. The third kappa shape index (κ3) is 5.25. The monoisotopic (exact) mass is 487 g/mol. The Morgan fingerprint density at radius 1 is 1.03 bits per heavy atom. The molecular weight excluding hydrogens is 470 g/mol. The number of nitrogens with zero attached hydrogens (tertiary/aromatic N) is 2. The van der Waals surface area contributed by atoms with Crippen molar-refractivity contribution in [1.82, 2.24) is 5.43 Å². The van der Waals surface area contributed by atoms with Crippen LogP contribution in [0.15, 0.2) is 93.3 Å². The fraction of sp³-hybridized carbons (Fsp3) is 0.0476. The van der Waals surface area contributed by atoms with Gasteiger partial charge >= 0.3 is 0 Å². The van der Waals surface area contributed by atoms with Crippen LogP contribution in [0.3, 0.4) is 0 Å². The molecule has 7 nitrogen and oxygen atoms in total. The Labute approximate surface area is 182 Å². The van der Waals surface area contributed by atoms with E-state index in [0.717, 1.165) is 4.31 Å². The highest BCUT2D eigenvalue weighted by Crippen LogP contribution is 2.26. The lowest BCUT2D eigenvalue weighted by Crippen LogP contribution is -2.39. The van der Waals surface area contributed by atoms with Gasteiger partial charge in [-0.3, -0.25) is 9.10 Å². The minimum absolute atomic E-state index is 0.0120. The summed E-state index contributed by atoms with van der Waals surface area (Å²) in [5.41, 5.74) is 3.04. The number of benzene rings is 3. The number of anilines is 1. The molecule has 2 N–H and O–H groups in total. The van der Waals surface area contributed by atoms with Crippen LogP contribution in [0.2, 0.25) is 0 Å². The van der Waals surface area contributed by atoms with E-state index in [1.54, 1.807) is 60.7 Å². The van der Waals surface area contributed by atoms with Crippen LogP contribution in [0.4, 0.5) is 5.69 Å². The van der Waals surface area contributed by atoms with Crippen LogP contribution in [-0.4, -0.2) is 32.2 Å². The number of nitrogens with one attached hydrogen (secondary N) is 1. The van der Waals surface area contributed by atoms with Crippen molar-refractivity contribution < 1.29 is 18.3 Å². The number of hydrogen-bond donors (Lipinski definition) is 2. The molecule has 0 saturated carbocycles. The Bertz CT molecular complexity index is 1170. The first kappa shape index (κ1) is 21.5. The van der Waals surface area contributed by atoms with Gasteiger partial charge in [0.2, 0.25) is 0 Å². The number of aromatic hydroxyl groups is 1. The molecule has 3 rings (SSSR count). The van der Waals surface area contributed by atoms with Crippen molar-refractivity contribution in [2.45, 2.75) is 4.90 Å². The van der Waals surface area contributed by atoms with Gasteiger partial charge in [-0.15, -0.1) is 0 Å². The van der Waals surface area contributed by atoms with Crippen LogP contribution in [0, 0.1) is 0 Å². The van der Waals surface area contributed by atoms with Crippen LogP contribution < -0.4 is 9.73 Å². The maximum Gasteiger partial charge on any atom is 0.264 e. The second-order valence-corrected chi connectivity index (χ2v) is 8.93. The molecule has 0 spiro atoms. The van der Waals surface area contributed by atoms with Gasteiger partial charge in [-0.2, -0.15) is 5.10 Å². The van der Waals surface area contributed by atoms with Crippen molar-refractivity contribution >= 4 is 43.8 Å². The summed E-state index contributed by atoms with van der Waals surface area (Å²) in [5.74, 6) is -0.626. The molecule has 0 aromatic heterocycles. The summed E-state index contributed by atoms with van der Waals surface area (Å²) in [5, 5.41) is 13.5. The largest absolute Gasteiger partial charge is 0.507 e. The quantitative estimate of drug-likeness (QED) is 0.393. The lowest BCUT2D eigenvalue weighted by molar-refractivity contribution is -0.119. The molecule has 0 saturated heterocycles. The predicted molar refractivity (Wildman–Crippen MR) is 119 cm³/mol. The molecule has 3 aromatic carbocycles. The van der Waals surface area contributed by atoms with E-state index < -0.39 is 22.5 Å². The van der Waals surface area contributed by atoms with Crippen molar-refractivity contribution in [2.24, 2.45) is 5.10 Å². The van der Waals surface area contributed by atoms with Crippen LogP contribution in [0.5, 0.6) is 5.75 Å². The van der Waals surface area contributed by atoms with Gasteiger partial charge in [0.15, 0.2) is 0 Å². The molecule has 9 heteroatoms. The van der Waals surface area contributed by atoms with E-state index in [2.05, 4.69) is 26.5 Å². The molecule has 1 amide bonds. The zero-order valence-corrected chi connectivity index (χ0v) is 18.0. The van der Waals surface area contributed by atoms with E-state index in [1.165, 1.54) is 24.4 Å². The van der Waals surface area contributed by atoms with Crippen LogP contribution in [-0.2, 0) is 14.8 Å². The van der Waals surface area contributed by atoms with Crippen molar-refractivity contribution in [3.63, 3.8) is 0 Å². The van der Waals surface area contributed by atoms with Gasteiger partial charge in [0, 0.05) is 10.0 Å². The molecule has 0 unspecified atom stereocenters. The van der Waals surface area contributed by atoms with Crippen molar-refractivity contribution in [3.8, 4) is 5.75 Å². The number of sulfonamides is 1. The molecule has 0 heterocycles. The Kier molecular flexibility index (Phi) is 6.86. The van der Waals surface area contributed by atoms with Gasteiger partial charge in [-0.25, -0.2) is 13.8 Å². The van der Waals surface area contributed by atoms with E-state index in [-0.39, 0.29) is 10.6 Å². The molecule has 0 atom stereocenters. The van der Waals surface area contributed by atoms with Gasteiger partial charge in [0.05, 0.1) is 16.8 Å². The molecule has 0 radical (unpaired) electrons. The standard InChI is InChI=1S/C21H18BrN3O4S/c22-17-8-6-9-18(13-17)25(30(28,29)19-10-2-1-3-11-19)15-21(27)24-23-14-16-7-4-5-12-20(16)26/h1-14,26H,15H2,(H,24,27)/b23-14-. The highest BCUT2D eigenvalue weighted by Gasteiger charge is 2.27. The van der Waals surface area contributed by atoms with Gasteiger partial charge in [-0.1, -0.05) is 52.3 Å². The summed E-state index contributed by atoms with van der Waals surface area (Å²) >= 11 is 3.33. The van der Waals surface area contributed by atoms with E-state index in [9.17, 15) is 18.3 Å². The molecule has 0 aliphatic carbocycles. The maximum absolute atomic E-state index is 13.2. The third-order valence-corrected chi connectivity index (χ3v) is 6.33. The molecule has 0 aliphatic rings. The zero-order chi connectivity index (χ0) is 21.6. The van der Waals surface area contributed by atoms with E-state index in [1.807, 2.05) is 0 Å². The Morgan fingerprint density at radius 3 is 2.43 bits per heavy atom. The predicted octanol–water partition coefficient (Wildman–Crippen LogP) is 3.50. The van der Waals surface area contributed by atoms with Crippen molar-refractivity contribution in [2.75, 3.05) is 10.8 Å². The van der Waals surface area contributed by atoms with Crippen molar-refractivity contribution in [3.05, 3.63) is 88.9 Å². The lowest BCUT2D eigenvalue weighted by Gasteiger charge is -2.23. The van der Waals surface area contributed by atoms with Crippen molar-refractivity contribution in [1.29, 1.82) is 0 Å². The van der Waals surface area contributed by atoms with Gasteiger partial charge < -0.3 is 5.11 Å². The number of carbonyl (C=O) groups is 1. The summed E-state index contributed by atoms with van der Waals surface area (Å²) in [6, 6.07) is 21.0. The number of amides is 1. The number of phenolic OH excluding ortho intramolecular Hbond substituents is 1. The van der Waals surface area contributed by atoms with Crippen LogP contribution >= 0.6 is 15.9 Å². The first-order valence-corrected chi connectivity index (χ1v) is 11.0. The summed E-state index contributed by atoms with van der Waals surface area (Å²) in [6.45, 7) is -0.480. The number of carbonyl (C=O) groups excluding carboxylic acids is 1. The minimum Gasteiger partial charge on any atom is -0.507 e. The third-order valence-electron chi connectivity index (χ3n) is 4.04. The molecule has 0 bridgehead atoms. The number of hydrogen-bond acceptors (Lipinski definition) is 5. The summed E-state index contributed by atoms with van der Waals surface area (Å²) in [6.07, 6.45) is 1.28. The Morgan fingerprint density at radius 2 is 1.73 bits per heavy atom. The number of rotatable bonds is 7. The SMILES string of the molecule is O=C(CN(c1cccc(Br)c1)S(=O)(=O)c1ccccc1)N/N=C\c1ccccc1O. The Balaban J connectivity index is 1.84. The molecule has 0 fully saturated rings. The highest BCUT2D eigenvalue weighted by molar-refractivity contribution is 9.10. The number of phenols is 1. The molecule has 30 heavy (non-hydrogen) atoms. The molecule has 154 valence electrons. The van der Waals surface area contributed by atoms with Gasteiger partial charge in [-0.05, 0) is 42.5 Å². The first-order chi connectivity index (χ1) is 14.4. The topological polar surface area (TPSA) is 99.1 Å². The summed E-state index contributed by atoms with van der Waals surface area (Å²) in [4.78, 5) is 12.5. The zero-order valence-electron chi connectivity index (χ0n) is 15.6. The Hall–Kier alpha value is -3.17. The highest BCUT2D eigenvalue weighted by atomic mass is 79.9. The fourth-order valence-electron chi connectivity index (χ4n) is 2.60. The van der Waals surface area contributed by atoms with Gasteiger partial charge in [0.1, 0.15) is 12.3 Å². The average molecular weight is 488 g/mol. The smallest absolute Gasteiger partial charge is 0.264 e. The molecule has 3 aromatic rings. The maximum atomic E-state index is 13.2. The second kappa shape index (κ2) is 9.55. The number of halogens is 1. The summed E-state index contributed by atoms with van der Waals surface area (Å²) in [7, 11) is -3.99. The molecule has 0 aliphatic heterocycles.